The van der Waals surface area contributed by atoms with Crippen molar-refractivity contribution in [2.45, 2.75) is 31.6 Å². The molecule has 0 bridgehead atoms. The number of ketones is 1. The van der Waals surface area contributed by atoms with Crippen molar-refractivity contribution in [3.63, 3.8) is 0 Å². The first-order valence-corrected chi connectivity index (χ1v) is 10.8. The van der Waals surface area contributed by atoms with Gasteiger partial charge in [0.1, 0.15) is 0 Å². The number of carbonyl (C=O) groups is 2. The Bertz CT molecular complexity index is 985. The van der Waals surface area contributed by atoms with Gasteiger partial charge in [-0.2, -0.15) is 0 Å². The SMILES string of the molecule is O=C(CCC(=O)N1CCC(c2ccc(I)cc2)CC1)c1c[nH]c2ccccc12. The van der Waals surface area contributed by atoms with Crippen molar-refractivity contribution in [1.29, 1.82) is 0 Å². The van der Waals surface area contributed by atoms with Gasteiger partial charge in [-0.3, -0.25) is 9.59 Å². The number of likely N-dealkylation sites (tertiary alicyclic amines) is 1. The monoisotopic (exact) mass is 486 g/mol. The number of H-pyrrole nitrogens is 1. The van der Waals surface area contributed by atoms with Crippen LogP contribution in [-0.2, 0) is 4.79 Å². The van der Waals surface area contributed by atoms with Crippen LogP contribution in [0.25, 0.3) is 10.9 Å². The normalized spacial score (nSPS) is 15.1. The molecule has 144 valence electrons. The highest BCUT2D eigenvalue weighted by Gasteiger charge is 2.24. The number of fused-ring (bicyclic) bond motifs is 1. The van der Waals surface area contributed by atoms with Crippen molar-refractivity contribution >= 4 is 45.2 Å². The van der Waals surface area contributed by atoms with Crippen LogP contribution in [0, 0.1) is 3.57 Å². The lowest BCUT2D eigenvalue weighted by atomic mass is 9.89. The van der Waals surface area contributed by atoms with Gasteiger partial charge in [0.25, 0.3) is 0 Å². The predicted octanol–water partition coefficient (Wildman–Crippen LogP) is 5.14. The average Bonchev–Trinajstić information content (AvgIpc) is 3.17. The number of hydrogen-bond acceptors (Lipinski definition) is 2. The van der Waals surface area contributed by atoms with E-state index in [2.05, 4.69) is 51.8 Å². The number of aromatic amines is 1. The van der Waals surface area contributed by atoms with Crippen molar-refractivity contribution in [2.75, 3.05) is 13.1 Å². The number of Topliss-reactive ketones (excluding diaryl/α,β-unsaturated/α-hetero) is 1. The molecule has 1 N–H and O–H groups in total. The topological polar surface area (TPSA) is 53.2 Å². The first kappa shape index (κ1) is 19.2. The zero-order chi connectivity index (χ0) is 19.5. The fourth-order valence-corrected chi connectivity index (χ4v) is 4.37. The molecule has 1 aromatic heterocycles. The molecule has 0 aliphatic carbocycles. The molecular formula is C23H23IN2O2. The highest BCUT2D eigenvalue weighted by atomic mass is 127. The fraction of sp³-hybridized carbons (Fsp3) is 0.304. The van der Waals surface area contributed by atoms with E-state index in [1.807, 2.05) is 29.2 Å². The van der Waals surface area contributed by atoms with Crippen molar-refractivity contribution in [1.82, 2.24) is 9.88 Å². The van der Waals surface area contributed by atoms with E-state index in [9.17, 15) is 9.59 Å². The second kappa shape index (κ2) is 8.47. The van der Waals surface area contributed by atoms with Gasteiger partial charge in [-0.1, -0.05) is 30.3 Å². The summed E-state index contributed by atoms with van der Waals surface area (Å²) >= 11 is 2.32. The van der Waals surface area contributed by atoms with Crippen LogP contribution in [0.5, 0.6) is 0 Å². The van der Waals surface area contributed by atoms with Gasteiger partial charge in [0, 0.05) is 52.2 Å². The summed E-state index contributed by atoms with van der Waals surface area (Å²) in [4.78, 5) is 30.2. The lowest BCUT2D eigenvalue weighted by Crippen LogP contribution is -2.38. The Morgan fingerprint density at radius 1 is 1.00 bits per heavy atom. The summed E-state index contributed by atoms with van der Waals surface area (Å²) in [5.74, 6) is 0.641. The fourth-order valence-electron chi connectivity index (χ4n) is 4.01. The number of amides is 1. The van der Waals surface area contributed by atoms with Gasteiger partial charge in [-0.05, 0) is 65.1 Å². The number of hydrogen-bond donors (Lipinski definition) is 1. The zero-order valence-electron chi connectivity index (χ0n) is 15.7. The second-order valence-electron chi connectivity index (χ2n) is 7.38. The molecule has 0 spiro atoms. The van der Waals surface area contributed by atoms with Crippen LogP contribution < -0.4 is 0 Å². The number of halogens is 1. The molecule has 5 heteroatoms. The zero-order valence-corrected chi connectivity index (χ0v) is 17.8. The maximum Gasteiger partial charge on any atom is 0.223 e. The molecule has 0 atom stereocenters. The Balaban J connectivity index is 1.30. The van der Waals surface area contributed by atoms with E-state index in [1.165, 1.54) is 9.13 Å². The average molecular weight is 486 g/mol. The molecule has 1 saturated heterocycles. The third-order valence-corrected chi connectivity index (χ3v) is 6.36. The molecule has 28 heavy (non-hydrogen) atoms. The molecule has 1 aliphatic rings. The summed E-state index contributed by atoms with van der Waals surface area (Å²) < 4.78 is 1.24. The Hall–Kier alpha value is -2.15. The van der Waals surface area contributed by atoms with E-state index < -0.39 is 0 Å². The molecule has 4 rings (SSSR count). The van der Waals surface area contributed by atoms with Crippen molar-refractivity contribution in [3.8, 4) is 0 Å². The van der Waals surface area contributed by atoms with Gasteiger partial charge in [-0.15, -0.1) is 0 Å². The van der Waals surface area contributed by atoms with E-state index in [-0.39, 0.29) is 24.5 Å². The van der Waals surface area contributed by atoms with E-state index in [0.717, 1.165) is 36.8 Å². The van der Waals surface area contributed by atoms with E-state index in [4.69, 9.17) is 0 Å². The van der Waals surface area contributed by atoms with Crippen LogP contribution in [0.2, 0.25) is 0 Å². The minimum absolute atomic E-state index is 0.0274. The van der Waals surface area contributed by atoms with Crippen LogP contribution in [0.1, 0.15) is 47.5 Å². The minimum atomic E-state index is 0.0274. The summed E-state index contributed by atoms with van der Waals surface area (Å²) in [5, 5.41) is 0.929. The summed E-state index contributed by atoms with van der Waals surface area (Å²) in [6, 6.07) is 16.4. The molecule has 1 fully saturated rings. The van der Waals surface area contributed by atoms with Crippen LogP contribution in [0.4, 0.5) is 0 Å². The van der Waals surface area contributed by atoms with Gasteiger partial charge >= 0.3 is 0 Å². The Kier molecular flexibility index (Phi) is 5.80. The summed E-state index contributed by atoms with van der Waals surface area (Å²) in [6.45, 7) is 1.55. The molecule has 2 heterocycles. The number of piperidine rings is 1. The maximum absolute atomic E-state index is 12.6. The van der Waals surface area contributed by atoms with Gasteiger partial charge in [-0.25, -0.2) is 0 Å². The summed E-state index contributed by atoms with van der Waals surface area (Å²) in [7, 11) is 0. The van der Waals surface area contributed by atoms with Crippen molar-refractivity contribution in [3.05, 3.63) is 69.4 Å². The molecule has 0 unspecified atom stereocenters. The molecule has 0 saturated carbocycles. The predicted molar refractivity (Wildman–Crippen MR) is 120 cm³/mol. The molecule has 1 amide bonds. The molecule has 0 radical (unpaired) electrons. The number of rotatable bonds is 5. The van der Waals surface area contributed by atoms with Crippen LogP contribution >= 0.6 is 22.6 Å². The smallest absolute Gasteiger partial charge is 0.223 e. The number of para-hydroxylation sites is 1. The molecule has 4 nitrogen and oxygen atoms in total. The summed E-state index contributed by atoms with van der Waals surface area (Å²) in [5.41, 5.74) is 3.00. The van der Waals surface area contributed by atoms with Crippen molar-refractivity contribution in [2.24, 2.45) is 0 Å². The third-order valence-electron chi connectivity index (χ3n) is 5.64. The van der Waals surface area contributed by atoms with Crippen LogP contribution in [0.3, 0.4) is 0 Å². The number of nitrogens with one attached hydrogen (secondary N) is 1. The molecular weight excluding hydrogens is 463 g/mol. The lowest BCUT2D eigenvalue weighted by molar-refractivity contribution is -0.132. The number of nitrogens with zero attached hydrogens (tertiary/aromatic N) is 1. The number of aromatic nitrogens is 1. The van der Waals surface area contributed by atoms with Gasteiger partial charge < -0.3 is 9.88 Å². The third kappa shape index (κ3) is 4.14. The quantitative estimate of drug-likeness (QED) is 0.401. The molecule has 3 aromatic rings. The highest BCUT2D eigenvalue weighted by molar-refractivity contribution is 14.1. The number of carbonyl (C=O) groups excluding carboxylic acids is 2. The molecule has 1 aliphatic heterocycles. The van der Waals surface area contributed by atoms with Gasteiger partial charge in [0.15, 0.2) is 5.78 Å². The Morgan fingerprint density at radius 3 is 2.46 bits per heavy atom. The minimum Gasteiger partial charge on any atom is -0.360 e. The van der Waals surface area contributed by atoms with Crippen LogP contribution in [0.15, 0.2) is 54.7 Å². The standard InChI is InChI=1S/C23H23IN2O2/c24-18-7-5-16(6-8-18)17-11-13-26(14-12-17)23(28)10-9-22(27)20-15-25-21-4-2-1-3-19(20)21/h1-8,15,17,25H,9-14H2. The van der Waals surface area contributed by atoms with Crippen LogP contribution in [-0.4, -0.2) is 34.7 Å². The van der Waals surface area contributed by atoms with Crippen molar-refractivity contribution < 1.29 is 9.59 Å². The summed E-state index contributed by atoms with van der Waals surface area (Å²) in [6.07, 6.45) is 4.28. The Labute approximate surface area is 178 Å². The van der Waals surface area contributed by atoms with E-state index >= 15 is 0 Å². The lowest BCUT2D eigenvalue weighted by Gasteiger charge is -2.32. The molecule has 2 aromatic carbocycles. The van der Waals surface area contributed by atoms with E-state index in [0.29, 0.717) is 11.5 Å². The highest BCUT2D eigenvalue weighted by Crippen LogP contribution is 2.29. The maximum atomic E-state index is 12.6. The largest absolute Gasteiger partial charge is 0.360 e. The Morgan fingerprint density at radius 2 is 1.71 bits per heavy atom. The second-order valence-corrected chi connectivity index (χ2v) is 8.62. The number of benzene rings is 2. The van der Waals surface area contributed by atoms with Gasteiger partial charge in [0.05, 0.1) is 0 Å². The van der Waals surface area contributed by atoms with E-state index in [1.54, 1.807) is 6.20 Å². The first-order valence-electron chi connectivity index (χ1n) is 9.74. The van der Waals surface area contributed by atoms with Gasteiger partial charge in [0.2, 0.25) is 5.91 Å². The first-order chi connectivity index (χ1) is 13.6.